The number of anilines is 1. The lowest BCUT2D eigenvalue weighted by Crippen LogP contribution is -2.47. The topological polar surface area (TPSA) is 58.2 Å². The molecule has 25 heavy (non-hydrogen) atoms. The van der Waals surface area contributed by atoms with E-state index < -0.39 is 6.04 Å². The van der Waals surface area contributed by atoms with Crippen LogP contribution in [0.2, 0.25) is 0 Å². The first kappa shape index (κ1) is 18.7. The van der Waals surface area contributed by atoms with Crippen molar-refractivity contribution in [2.24, 2.45) is 5.92 Å². The van der Waals surface area contributed by atoms with Gasteiger partial charge in [-0.15, -0.1) is 0 Å². The predicted octanol–water partition coefficient (Wildman–Crippen LogP) is 4.00. The second-order valence-corrected chi connectivity index (χ2v) is 6.88. The number of aryl methyl sites for hydroxylation is 3. The Hall–Kier alpha value is -2.62. The van der Waals surface area contributed by atoms with Gasteiger partial charge in [-0.25, -0.2) is 0 Å². The van der Waals surface area contributed by atoms with Crippen molar-refractivity contribution in [3.63, 3.8) is 0 Å². The van der Waals surface area contributed by atoms with Gasteiger partial charge >= 0.3 is 0 Å². The lowest BCUT2D eigenvalue weighted by Gasteiger charge is -2.22. The van der Waals surface area contributed by atoms with Gasteiger partial charge in [0.2, 0.25) is 5.91 Å². The van der Waals surface area contributed by atoms with Crippen LogP contribution in [0.25, 0.3) is 0 Å². The number of carbonyl (C=O) groups excluding carboxylic acids is 2. The molecule has 0 saturated heterocycles. The van der Waals surface area contributed by atoms with Crippen molar-refractivity contribution in [3.05, 3.63) is 64.7 Å². The minimum absolute atomic E-state index is 0.0288. The van der Waals surface area contributed by atoms with E-state index in [0.717, 1.165) is 22.4 Å². The Morgan fingerprint density at radius 1 is 0.920 bits per heavy atom. The molecule has 0 unspecified atom stereocenters. The SMILES string of the molecule is Cc1cc(C)cc(NC(=O)[C@@H](NC(=O)c2ccccc2C)C(C)C)c1. The molecule has 132 valence electrons. The molecule has 4 heteroatoms. The first-order valence-electron chi connectivity index (χ1n) is 8.53. The molecule has 2 aromatic carbocycles. The average molecular weight is 338 g/mol. The third-order valence-electron chi connectivity index (χ3n) is 4.11. The number of nitrogens with one attached hydrogen (secondary N) is 2. The van der Waals surface area contributed by atoms with Gasteiger partial charge in [-0.1, -0.05) is 38.1 Å². The highest BCUT2D eigenvalue weighted by molar-refractivity contribution is 6.02. The van der Waals surface area contributed by atoms with Crippen LogP contribution >= 0.6 is 0 Å². The van der Waals surface area contributed by atoms with Gasteiger partial charge in [0.1, 0.15) is 6.04 Å². The van der Waals surface area contributed by atoms with Gasteiger partial charge in [-0.2, -0.15) is 0 Å². The van der Waals surface area contributed by atoms with E-state index in [1.807, 2.05) is 65.0 Å². The van der Waals surface area contributed by atoms with Gasteiger partial charge < -0.3 is 10.6 Å². The molecule has 0 radical (unpaired) electrons. The van der Waals surface area contributed by atoms with Crippen molar-refractivity contribution >= 4 is 17.5 Å². The quantitative estimate of drug-likeness (QED) is 0.865. The Bertz CT molecular complexity index is 761. The van der Waals surface area contributed by atoms with E-state index in [4.69, 9.17) is 0 Å². The third kappa shape index (κ3) is 4.92. The predicted molar refractivity (Wildman–Crippen MR) is 102 cm³/mol. The third-order valence-corrected chi connectivity index (χ3v) is 4.11. The Balaban J connectivity index is 2.15. The summed E-state index contributed by atoms with van der Waals surface area (Å²) < 4.78 is 0. The van der Waals surface area contributed by atoms with Crippen LogP contribution in [0.4, 0.5) is 5.69 Å². The molecule has 0 aliphatic carbocycles. The number of hydrogen-bond acceptors (Lipinski definition) is 2. The molecule has 1 atom stereocenters. The summed E-state index contributed by atoms with van der Waals surface area (Å²) in [6.07, 6.45) is 0. The Labute approximate surface area is 149 Å². The van der Waals surface area contributed by atoms with Gasteiger partial charge in [0.05, 0.1) is 0 Å². The maximum atomic E-state index is 12.7. The van der Waals surface area contributed by atoms with E-state index in [1.165, 1.54) is 0 Å². The lowest BCUT2D eigenvalue weighted by atomic mass is 10.0. The van der Waals surface area contributed by atoms with E-state index >= 15 is 0 Å². The molecule has 0 bridgehead atoms. The summed E-state index contributed by atoms with van der Waals surface area (Å²) in [5.74, 6) is -0.465. The summed E-state index contributed by atoms with van der Waals surface area (Å²) in [5, 5.41) is 5.79. The Morgan fingerprint density at radius 2 is 1.52 bits per heavy atom. The van der Waals surface area contributed by atoms with Crippen LogP contribution in [0, 0.1) is 26.7 Å². The summed E-state index contributed by atoms with van der Waals surface area (Å²) in [4.78, 5) is 25.3. The number of rotatable bonds is 5. The molecule has 0 aliphatic rings. The summed E-state index contributed by atoms with van der Waals surface area (Å²) in [7, 11) is 0. The highest BCUT2D eigenvalue weighted by atomic mass is 16.2. The van der Waals surface area contributed by atoms with Crippen molar-refractivity contribution in [1.82, 2.24) is 5.32 Å². The van der Waals surface area contributed by atoms with Crippen LogP contribution < -0.4 is 10.6 Å². The van der Waals surface area contributed by atoms with E-state index in [9.17, 15) is 9.59 Å². The van der Waals surface area contributed by atoms with Gasteiger partial charge in [-0.3, -0.25) is 9.59 Å². The molecule has 2 amide bonds. The van der Waals surface area contributed by atoms with Crippen molar-refractivity contribution in [3.8, 4) is 0 Å². The van der Waals surface area contributed by atoms with Gasteiger partial charge in [0.25, 0.3) is 5.91 Å². The smallest absolute Gasteiger partial charge is 0.252 e. The van der Waals surface area contributed by atoms with Gasteiger partial charge in [0, 0.05) is 11.3 Å². The van der Waals surface area contributed by atoms with Crippen LogP contribution in [0.5, 0.6) is 0 Å². The van der Waals surface area contributed by atoms with E-state index in [2.05, 4.69) is 16.7 Å². The number of hydrogen-bond donors (Lipinski definition) is 2. The van der Waals surface area contributed by atoms with Crippen molar-refractivity contribution in [1.29, 1.82) is 0 Å². The fourth-order valence-electron chi connectivity index (χ4n) is 2.85. The largest absolute Gasteiger partial charge is 0.340 e. The Kier molecular flexibility index (Phi) is 5.97. The van der Waals surface area contributed by atoms with E-state index in [0.29, 0.717) is 5.56 Å². The van der Waals surface area contributed by atoms with Crippen molar-refractivity contribution < 1.29 is 9.59 Å². The summed E-state index contributed by atoms with van der Waals surface area (Å²) in [6, 6.07) is 12.7. The highest BCUT2D eigenvalue weighted by Gasteiger charge is 2.25. The van der Waals surface area contributed by atoms with E-state index in [-0.39, 0.29) is 17.7 Å². The molecule has 0 heterocycles. The average Bonchev–Trinajstić information content (AvgIpc) is 2.51. The van der Waals surface area contributed by atoms with Crippen LogP contribution in [-0.4, -0.2) is 17.9 Å². The number of carbonyl (C=O) groups is 2. The Morgan fingerprint density at radius 3 is 2.08 bits per heavy atom. The van der Waals surface area contributed by atoms with Gasteiger partial charge in [0.15, 0.2) is 0 Å². The standard InChI is InChI=1S/C21H26N2O2/c1-13(2)19(23-20(24)18-9-7-6-8-16(18)5)21(25)22-17-11-14(3)10-15(4)12-17/h6-13,19H,1-5H3,(H,22,25)(H,23,24)/t19-/m0/s1. The first-order valence-corrected chi connectivity index (χ1v) is 8.53. The normalized spacial score (nSPS) is 11.9. The summed E-state index contributed by atoms with van der Waals surface area (Å²) in [6.45, 7) is 9.70. The molecule has 2 rings (SSSR count). The summed E-state index contributed by atoms with van der Waals surface area (Å²) in [5.41, 5.74) is 4.39. The molecular formula is C21H26N2O2. The minimum Gasteiger partial charge on any atom is -0.340 e. The zero-order valence-corrected chi connectivity index (χ0v) is 15.5. The van der Waals surface area contributed by atoms with Crippen LogP contribution in [0.3, 0.4) is 0 Å². The molecule has 0 aromatic heterocycles. The van der Waals surface area contributed by atoms with Crippen LogP contribution in [-0.2, 0) is 4.79 Å². The zero-order chi connectivity index (χ0) is 18.6. The minimum atomic E-state index is -0.604. The second-order valence-electron chi connectivity index (χ2n) is 6.88. The fraction of sp³-hybridized carbons (Fsp3) is 0.333. The first-order chi connectivity index (χ1) is 11.8. The molecule has 4 nitrogen and oxygen atoms in total. The molecule has 0 aliphatic heterocycles. The number of amides is 2. The maximum Gasteiger partial charge on any atom is 0.252 e. The van der Waals surface area contributed by atoms with Gasteiger partial charge in [-0.05, 0) is 61.6 Å². The van der Waals surface area contributed by atoms with Crippen molar-refractivity contribution in [2.75, 3.05) is 5.32 Å². The maximum absolute atomic E-state index is 12.7. The lowest BCUT2D eigenvalue weighted by molar-refractivity contribution is -0.118. The van der Waals surface area contributed by atoms with Crippen LogP contribution in [0.15, 0.2) is 42.5 Å². The zero-order valence-electron chi connectivity index (χ0n) is 15.5. The molecule has 0 saturated carbocycles. The molecule has 0 spiro atoms. The molecule has 2 aromatic rings. The summed E-state index contributed by atoms with van der Waals surface area (Å²) >= 11 is 0. The fourth-order valence-corrected chi connectivity index (χ4v) is 2.85. The van der Waals surface area contributed by atoms with Crippen molar-refractivity contribution in [2.45, 2.75) is 40.7 Å². The molecule has 0 fully saturated rings. The van der Waals surface area contributed by atoms with Crippen LogP contribution in [0.1, 0.15) is 40.9 Å². The molecule has 2 N–H and O–H groups in total. The van der Waals surface area contributed by atoms with E-state index in [1.54, 1.807) is 6.07 Å². The number of benzene rings is 2. The second kappa shape index (κ2) is 7.97. The highest BCUT2D eigenvalue weighted by Crippen LogP contribution is 2.16. The molecular weight excluding hydrogens is 312 g/mol. The monoisotopic (exact) mass is 338 g/mol.